The number of hydrogen-bond donors (Lipinski definition) is 0. The van der Waals surface area contributed by atoms with Crippen LogP contribution in [0.3, 0.4) is 0 Å². The average molecular weight is 270 g/mol. The maximum Gasteiger partial charge on any atom is 0.158 e. The lowest BCUT2D eigenvalue weighted by atomic mass is 9.83. The number of aromatic nitrogens is 2. The number of anilines is 1. The van der Waals surface area contributed by atoms with E-state index in [1.165, 1.54) is 12.8 Å². The van der Waals surface area contributed by atoms with Crippen molar-refractivity contribution in [1.29, 1.82) is 0 Å². The fourth-order valence-electron chi connectivity index (χ4n) is 2.15. The number of nitrogens with zero attached hydrogens (tertiary/aromatic N) is 3. The summed E-state index contributed by atoms with van der Waals surface area (Å²) in [6, 6.07) is 1.83. The normalized spacial score (nSPS) is 19.0. The highest BCUT2D eigenvalue weighted by molar-refractivity contribution is 6.29. The van der Waals surface area contributed by atoms with Crippen molar-refractivity contribution in [2.75, 3.05) is 25.1 Å². The summed E-state index contributed by atoms with van der Waals surface area (Å²) in [4.78, 5) is 10.9. The molecule has 5 heteroatoms. The van der Waals surface area contributed by atoms with Crippen LogP contribution in [0.5, 0.6) is 0 Å². The highest BCUT2D eigenvalue weighted by atomic mass is 35.5. The van der Waals surface area contributed by atoms with Crippen LogP contribution in [0.1, 0.15) is 32.5 Å². The van der Waals surface area contributed by atoms with Gasteiger partial charge in [-0.2, -0.15) is 0 Å². The van der Waals surface area contributed by atoms with E-state index in [-0.39, 0.29) is 0 Å². The molecule has 1 fully saturated rings. The molecule has 0 aromatic carbocycles. The molecule has 0 N–H and O–H groups in total. The molecule has 0 aliphatic carbocycles. The third-order valence-electron chi connectivity index (χ3n) is 3.44. The predicted octanol–water partition coefficient (Wildman–Crippen LogP) is 2.90. The maximum atomic E-state index is 6.03. The van der Waals surface area contributed by atoms with E-state index >= 15 is 0 Å². The van der Waals surface area contributed by atoms with E-state index in [0.717, 1.165) is 18.9 Å². The van der Waals surface area contributed by atoms with Crippen LogP contribution in [0.25, 0.3) is 0 Å². The summed E-state index contributed by atoms with van der Waals surface area (Å²) in [7, 11) is 1.63. The molecule has 18 heavy (non-hydrogen) atoms. The molecule has 0 bridgehead atoms. The van der Waals surface area contributed by atoms with Crippen molar-refractivity contribution in [2.45, 2.75) is 33.3 Å². The fraction of sp³-hybridized carbons (Fsp3) is 0.692. The first-order chi connectivity index (χ1) is 8.50. The standard InChI is InChI=1S/C13H20ClN3O/c1-13(2)4-6-17(7-5-13)12-8-10(14)15-11(16-12)9-18-3/h8H,4-7,9H2,1-3H3. The van der Waals surface area contributed by atoms with Gasteiger partial charge in [-0.1, -0.05) is 25.4 Å². The second-order valence-corrected chi connectivity index (χ2v) is 5.94. The zero-order chi connectivity index (χ0) is 13.2. The molecule has 2 rings (SSSR count). The van der Waals surface area contributed by atoms with E-state index < -0.39 is 0 Å². The van der Waals surface area contributed by atoms with Crippen LogP contribution in [0, 0.1) is 5.41 Å². The Morgan fingerprint density at radius 1 is 1.33 bits per heavy atom. The Kier molecular flexibility index (Phi) is 4.07. The van der Waals surface area contributed by atoms with Gasteiger partial charge in [-0.05, 0) is 18.3 Å². The lowest BCUT2D eigenvalue weighted by molar-refractivity contribution is 0.177. The minimum atomic E-state index is 0.396. The van der Waals surface area contributed by atoms with Crippen LogP contribution in [0.2, 0.25) is 5.15 Å². The largest absolute Gasteiger partial charge is 0.377 e. The van der Waals surface area contributed by atoms with Gasteiger partial charge in [0, 0.05) is 26.3 Å². The number of ether oxygens (including phenoxy) is 1. The van der Waals surface area contributed by atoms with Crippen molar-refractivity contribution >= 4 is 17.4 Å². The minimum absolute atomic E-state index is 0.396. The van der Waals surface area contributed by atoms with E-state index in [1.807, 2.05) is 6.07 Å². The van der Waals surface area contributed by atoms with Gasteiger partial charge in [-0.25, -0.2) is 9.97 Å². The van der Waals surface area contributed by atoms with E-state index in [2.05, 4.69) is 28.7 Å². The minimum Gasteiger partial charge on any atom is -0.377 e. The van der Waals surface area contributed by atoms with E-state index in [1.54, 1.807) is 7.11 Å². The van der Waals surface area contributed by atoms with Gasteiger partial charge < -0.3 is 9.64 Å². The summed E-state index contributed by atoms with van der Waals surface area (Å²) in [5, 5.41) is 0.483. The van der Waals surface area contributed by atoms with Crippen LogP contribution >= 0.6 is 11.6 Å². The number of piperidine rings is 1. The lowest BCUT2D eigenvalue weighted by Crippen LogP contribution is -2.37. The summed E-state index contributed by atoms with van der Waals surface area (Å²) >= 11 is 6.03. The van der Waals surface area contributed by atoms with Gasteiger partial charge in [-0.15, -0.1) is 0 Å². The molecule has 1 aromatic heterocycles. The first kappa shape index (κ1) is 13.6. The summed E-state index contributed by atoms with van der Waals surface area (Å²) < 4.78 is 5.06. The molecule has 0 spiro atoms. The fourth-order valence-corrected chi connectivity index (χ4v) is 2.34. The maximum absolute atomic E-state index is 6.03. The van der Waals surface area contributed by atoms with E-state index in [0.29, 0.717) is 23.0 Å². The molecule has 4 nitrogen and oxygen atoms in total. The lowest BCUT2D eigenvalue weighted by Gasteiger charge is -2.37. The van der Waals surface area contributed by atoms with Crippen LogP contribution in [-0.2, 0) is 11.3 Å². The number of methoxy groups -OCH3 is 1. The molecule has 1 aromatic rings. The molecule has 1 aliphatic rings. The molecule has 0 saturated carbocycles. The quantitative estimate of drug-likeness (QED) is 0.791. The molecule has 1 saturated heterocycles. The summed E-state index contributed by atoms with van der Waals surface area (Å²) in [6.45, 7) is 7.06. The highest BCUT2D eigenvalue weighted by Gasteiger charge is 2.26. The molecule has 1 aliphatic heterocycles. The van der Waals surface area contributed by atoms with Gasteiger partial charge >= 0.3 is 0 Å². The van der Waals surface area contributed by atoms with E-state index in [9.17, 15) is 0 Å². The topological polar surface area (TPSA) is 38.2 Å². The number of rotatable bonds is 3. The first-order valence-electron chi connectivity index (χ1n) is 6.27. The van der Waals surface area contributed by atoms with Crippen molar-refractivity contribution in [3.8, 4) is 0 Å². The Morgan fingerprint density at radius 2 is 2.00 bits per heavy atom. The van der Waals surface area contributed by atoms with Crippen molar-refractivity contribution in [1.82, 2.24) is 9.97 Å². The van der Waals surface area contributed by atoms with Crippen LogP contribution in [0.15, 0.2) is 6.07 Å². The first-order valence-corrected chi connectivity index (χ1v) is 6.65. The van der Waals surface area contributed by atoms with Gasteiger partial charge in [0.15, 0.2) is 5.82 Å². The SMILES string of the molecule is COCc1nc(Cl)cc(N2CCC(C)(C)CC2)n1. The highest BCUT2D eigenvalue weighted by Crippen LogP contribution is 2.31. The van der Waals surface area contributed by atoms with E-state index in [4.69, 9.17) is 16.3 Å². The summed E-state index contributed by atoms with van der Waals surface area (Å²) in [6.07, 6.45) is 2.35. The Labute approximate surface area is 113 Å². The molecule has 0 amide bonds. The van der Waals surface area contributed by atoms with Gasteiger partial charge in [-0.3, -0.25) is 0 Å². The van der Waals surface area contributed by atoms with Crippen molar-refractivity contribution in [2.24, 2.45) is 5.41 Å². The zero-order valence-electron chi connectivity index (χ0n) is 11.2. The van der Waals surface area contributed by atoms with Crippen LogP contribution < -0.4 is 4.90 Å². The summed E-state index contributed by atoms with van der Waals surface area (Å²) in [5.74, 6) is 1.56. The number of hydrogen-bond acceptors (Lipinski definition) is 4. The van der Waals surface area contributed by atoms with Crippen molar-refractivity contribution in [3.05, 3.63) is 17.0 Å². The predicted molar refractivity (Wildman–Crippen MR) is 73.0 cm³/mol. The Morgan fingerprint density at radius 3 is 2.61 bits per heavy atom. The Bertz CT molecular complexity index is 413. The van der Waals surface area contributed by atoms with Crippen molar-refractivity contribution < 1.29 is 4.74 Å². The second kappa shape index (κ2) is 5.41. The molecule has 0 unspecified atom stereocenters. The Balaban J connectivity index is 2.13. The van der Waals surface area contributed by atoms with Crippen LogP contribution in [-0.4, -0.2) is 30.2 Å². The molecule has 0 atom stereocenters. The number of halogens is 1. The van der Waals surface area contributed by atoms with Crippen molar-refractivity contribution in [3.63, 3.8) is 0 Å². The average Bonchev–Trinajstić information content (AvgIpc) is 2.28. The van der Waals surface area contributed by atoms with Gasteiger partial charge in [0.05, 0.1) is 0 Å². The van der Waals surface area contributed by atoms with Gasteiger partial charge in [0.25, 0.3) is 0 Å². The summed E-state index contributed by atoms with van der Waals surface area (Å²) in [5.41, 5.74) is 0.433. The molecule has 2 heterocycles. The zero-order valence-corrected chi connectivity index (χ0v) is 12.0. The second-order valence-electron chi connectivity index (χ2n) is 5.55. The molecule has 0 radical (unpaired) electrons. The molecule has 100 valence electrons. The smallest absolute Gasteiger partial charge is 0.158 e. The van der Waals surface area contributed by atoms with Gasteiger partial charge in [0.1, 0.15) is 17.6 Å². The molecular weight excluding hydrogens is 250 g/mol. The monoisotopic (exact) mass is 269 g/mol. The van der Waals surface area contributed by atoms with Crippen LogP contribution in [0.4, 0.5) is 5.82 Å². The third-order valence-corrected chi connectivity index (χ3v) is 3.64. The Hall–Kier alpha value is -0.870. The van der Waals surface area contributed by atoms with Gasteiger partial charge in [0.2, 0.25) is 0 Å². The molecular formula is C13H20ClN3O. The third kappa shape index (κ3) is 3.33.